The van der Waals surface area contributed by atoms with Crippen LogP contribution in [0.15, 0.2) is 23.8 Å². The van der Waals surface area contributed by atoms with Crippen LogP contribution in [0, 0.1) is 0 Å². The van der Waals surface area contributed by atoms with E-state index in [1.54, 1.807) is 0 Å². The third-order valence-electron chi connectivity index (χ3n) is 3.78. The van der Waals surface area contributed by atoms with E-state index in [9.17, 15) is 4.79 Å². The summed E-state index contributed by atoms with van der Waals surface area (Å²) in [6, 6.07) is 5.80. The maximum absolute atomic E-state index is 12.1. The summed E-state index contributed by atoms with van der Waals surface area (Å²) in [5, 5.41) is 0. The minimum atomic E-state index is 0.268. The van der Waals surface area contributed by atoms with Gasteiger partial charge in [-0.1, -0.05) is 25.0 Å². The molecule has 0 unspecified atom stereocenters. The fourth-order valence-electron chi connectivity index (χ4n) is 2.77. The van der Waals surface area contributed by atoms with Crippen LogP contribution in [0.5, 0.6) is 11.5 Å². The van der Waals surface area contributed by atoms with Crippen LogP contribution in [0.3, 0.4) is 0 Å². The van der Waals surface area contributed by atoms with Crippen LogP contribution in [-0.4, -0.2) is 12.6 Å². The molecule has 100 valence electrons. The summed E-state index contributed by atoms with van der Waals surface area (Å²) in [5.41, 5.74) is 3.22. The normalized spacial score (nSPS) is 17.4. The van der Waals surface area contributed by atoms with Crippen molar-refractivity contribution in [2.75, 3.05) is 6.79 Å². The van der Waals surface area contributed by atoms with Gasteiger partial charge >= 0.3 is 0 Å². The number of hydrogen-bond acceptors (Lipinski definition) is 3. The van der Waals surface area contributed by atoms with Gasteiger partial charge in [0.2, 0.25) is 6.79 Å². The van der Waals surface area contributed by atoms with Crippen molar-refractivity contribution < 1.29 is 14.3 Å². The molecular formula is C16H18O3. The Hall–Kier alpha value is -1.77. The van der Waals surface area contributed by atoms with Crippen molar-refractivity contribution in [1.82, 2.24) is 0 Å². The minimum Gasteiger partial charge on any atom is -0.454 e. The molecule has 1 aliphatic carbocycles. The van der Waals surface area contributed by atoms with Gasteiger partial charge in [-0.15, -0.1) is 0 Å². The SMILES string of the molecule is CCCCC1=C(c2ccc3c(c2)OCO3)C(=O)CC1. The molecule has 0 saturated heterocycles. The number of rotatable bonds is 4. The predicted octanol–water partition coefficient (Wildman–Crippen LogP) is 3.72. The number of unbranched alkanes of at least 4 members (excludes halogenated alkanes) is 1. The van der Waals surface area contributed by atoms with E-state index in [0.29, 0.717) is 6.42 Å². The molecule has 3 nitrogen and oxygen atoms in total. The molecule has 0 saturated carbocycles. The van der Waals surface area contributed by atoms with Crippen LogP contribution < -0.4 is 9.47 Å². The maximum atomic E-state index is 12.1. The van der Waals surface area contributed by atoms with E-state index in [-0.39, 0.29) is 12.6 Å². The summed E-state index contributed by atoms with van der Waals surface area (Å²) in [4.78, 5) is 12.1. The Labute approximate surface area is 113 Å². The maximum Gasteiger partial charge on any atom is 0.231 e. The third kappa shape index (κ3) is 2.25. The fourth-order valence-corrected chi connectivity index (χ4v) is 2.77. The van der Waals surface area contributed by atoms with E-state index in [1.807, 2.05) is 18.2 Å². The second-order valence-electron chi connectivity index (χ2n) is 5.07. The highest BCUT2D eigenvalue weighted by atomic mass is 16.7. The van der Waals surface area contributed by atoms with Gasteiger partial charge in [-0.25, -0.2) is 0 Å². The summed E-state index contributed by atoms with van der Waals surface area (Å²) < 4.78 is 10.7. The molecule has 19 heavy (non-hydrogen) atoms. The molecule has 3 rings (SSSR count). The average Bonchev–Trinajstić information content (AvgIpc) is 3.01. The highest BCUT2D eigenvalue weighted by Gasteiger charge is 2.25. The lowest BCUT2D eigenvalue weighted by Crippen LogP contribution is -1.96. The lowest BCUT2D eigenvalue weighted by atomic mass is 9.98. The monoisotopic (exact) mass is 258 g/mol. The first-order chi connectivity index (χ1) is 9.29. The van der Waals surface area contributed by atoms with Gasteiger partial charge < -0.3 is 9.47 Å². The van der Waals surface area contributed by atoms with Crippen molar-refractivity contribution in [1.29, 1.82) is 0 Å². The molecule has 0 atom stereocenters. The van der Waals surface area contributed by atoms with Crippen LogP contribution in [0.2, 0.25) is 0 Å². The van der Waals surface area contributed by atoms with Crippen molar-refractivity contribution in [3.8, 4) is 11.5 Å². The topological polar surface area (TPSA) is 35.5 Å². The van der Waals surface area contributed by atoms with Crippen molar-refractivity contribution in [2.24, 2.45) is 0 Å². The van der Waals surface area contributed by atoms with Gasteiger partial charge in [0.1, 0.15) is 0 Å². The van der Waals surface area contributed by atoms with E-state index in [0.717, 1.165) is 48.3 Å². The zero-order valence-electron chi connectivity index (χ0n) is 11.2. The van der Waals surface area contributed by atoms with Gasteiger partial charge in [0.05, 0.1) is 0 Å². The second kappa shape index (κ2) is 5.08. The zero-order valence-corrected chi connectivity index (χ0v) is 11.2. The second-order valence-corrected chi connectivity index (χ2v) is 5.07. The first kappa shape index (κ1) is 12.3. The number of carbonyl (C=O) groups is 1. The molecule has 0 aromatic heterocycles. The molecule has 1 aromatic rings. The Morgan fingerprint density at radius 1 is 1.16 bits per heavy atom. The molecule has 0 amide bonds. The van der Waals surface area contributed by atoms with Crippen LogP contribution in [-0.2, 0) is 4.79 Å². The Morgan fingerprint density at radius 2 is 2.00 bits per heavy atom. The molecule has 0 radical (unpaired) electrons. The molecule has 0 bridgehead atoms. The molecule has 1 heterocycles. The number of fused-ring (bicyclic) bond motifs is 1. The van der Waals surface area contributed by atoms with Gasteiger partial charge in [0.15, 0.2) is 17.3 Å². The van der Waals surface area contributed by atoms with E-state index in [2.05, 4.69) is 6.92 Å². The first-order valence-electron chi connectivity index (χ1n) is 6.95. The average molecular weight is 258 g/mol. The highest BCUT2D eigenvalue weighted by Crippen LogP contribution is 2.39. The Kier molecular flexibility index (Phi) is 3.28. The quantitative estimate of drug-likeness (QED) is 0.825. The Morgan fingerprint density at radius 3 is 2.84 bits per heavy atom. The van der Waals surface area contributed by atoms with Crippen molar-refractivity contribution in [2.45, 2.75) is 39.0 Å². The van der Waals surface area contributed by atoms with E-state index in [1.165, 1.54) is 5.57 Å². The van der Waals surface area contributed by atoms with E-state index in [4.69, 9.17) is 9.47 Å². The van der Waals surface area contributed by atoms with Crippen molar-refractivity contribution >= 4 is 11.4 Å². The number of hydrogen-bond donors (Lipinski definition) is 0. The molecular weight excluding hydrogens is 240 g/mol. The number of allylic oxidation sites excluding steroid dienone is 2. The number of carbonyl (C=O) groups excluding carboxylic acids is 1. The smallest absolute Gasteiger partial charge is 0.231 e. The van der Waals surface area contributed by atoms with Gasteiger partial charge in [0, 0.05) is 12.0 Å². The number of ketones is 1. The molecule has 0 N–H and O–H groups in total. The summed E-state index contributed by atoms with van der Waals surface area (Å²) in [6.07, 6.45) is 4.92. The van der Waals surface area contributed by atoms with Crippen molar-refractivity contribution in [3.63, 3.8) is 0 Å². The molecule has 3 heteroatoms. The summed E-state index contributed by atoms with van der Waals surface area (Å²) in [6.45, 7) is 2.45. The molecule has 2 aliphatic rings. The zero-order chi connectivity index (χ0) is 13.2. The number of Topliss-reactive ketones (excluding diaryl/α,β-unsaturated/α-hetero) is 1. The third-order valence-corrected chi connectivity index (χ3v) is 3.78. The van der Waals surface area contributed by atoms with Gasteiger partial charge in [-0.2, -0.15) is 0 Å². The fraction of sp³-hybridized carbons (Fsp3) is 0.438. The standard InChI is InChI=1S/C16H18O3/c1-2-3-4-11-5-7-13(17)16(11)12-6-8-14-15(9-12)19-10-18-14/h6,8-9H,2-5,7,10H2,1H3. The predicted molar refractivity (Wildman–Crippen MR) is 73.3 cm³/mol. The van der Waals surface area contributed by atoms with Crippen molar-refractivity contribution in [3.05, 3.63) is 29.3 Å². The van der Waals surface area contributed by atoms with E-state index >= 15 is 0 Å². The largest absolute Gasteiger partial charge is 0.454 e. The number of benzene rings is 1. The van der Waals surface area contributed by atoms with Crippen LogP contribution >= 0.6 is 0 Å². The first-order valence-corrected chi connectivity index (χ1v) is 6.95. The van der Waals surface area contributed by atoms with Crippen LogP contribution in [0.4, 0.5) is 0 Å². The summed E-state index contributed by atoms with van der Waals surface area (Å²) >= 11 is 0. The number of ether oxygens (including phenoxy) is 2. The molecule has 1 aromatic carbocycles. The molecule has 1 aliphatic heterocycles. The van der Waals surface area contributed by atoms with Gasteiger partial charge in [-0.3, -0.25) is 4.79 Å². The van der Waals surface area contributed by atoms with Crippen LogP contribution in [0.25, 0.3) is 5.57 Å². The highest BCUT2D eigenvalue weighted by molar-refractivity contribution is 6.23. The van der Waals surface area contributed by atoms with E-state index < -0.39 is 0 Å². The van der Waals surface area contributed by atoms with Crippen LogP contribution in [0.1, 0.15) is 44.6 Å². The molecule has 0 fully saturated rings. The lowest BCUT2D eigenvalue weighted by Gasteiger charge is -2.07. The summed E-state index contributed by atoms with van der Waals surface area (Å²) in [7, 11) is 0. The lowest BCUT2D eigenvalue weighted by molar-refractivity contribution is -0.113. The minimum absolute atomic E-state index is 0.268. The van der Waals surface area contributed by atoms with Gasteiger partial charge in [-0.05, 0) is 37.0 Å². The Balaban J connectivity index is 1.96. The summed E-state index contributed by atoms with van der Waals surface area (Å²) in [5.74, 6) is 1.79. The Bertz CT molecular complexity index is 543. The van der Waals surface area contributed by atoms with Gasteiger partial charge in [0.25, 0.3) is 0 Å². The molecule has 0 spiro atoms.